The standard InChI is InChI=1S/C21H25N5O4S/c1-3-15(17-8-7-12(2)30-17)22-19-20(25-31-24-19)23-16-6-4-5-14(18(16)28)21(29)26-10-9-13(27)11-26/h4-8,13,15,27-28H,3,9-11H2,1-2H3,(H,22,24)(H,23,25)/t13-,15-/m1/s1. The number of benzene rings is 1. The largest absolute Gasteiger partial charge is 0.505 e. The van der Waals surface area contributed by atoms with Gasteiger partial charge in [-0.3, -0.25) is 4.79 Å². The highest BCUT2D eigenvalue weighted by atomic mass is 32.1. The molecule has 1 saturated heterocycles. The summed E-state index contributed by atoms with van der Waals surface area (Å²) in [6.07, 6.45) is 0.796. The molecule has 4 N–H and O–H groups in total. The summed E-state index contributed by atoms with van der Waals surface area (Å²) in [5, 5.41) is 26.8. The lowest BCUT2D eigenvalue weighted by atomic mass is 10.1. The summed E-state index contributed by atoms with van der Waals surface area (Å²) >= 11 is 1.04. The van der Waals surface area contributed by atoms with Crippen LogP contribution in [-0.4, -0.2) is 49.0 Å². The van der Waals surface area contributed by atoms with Crippen molar-refractivity contribution in [1.29, 1.82) is 0 Å². The predicted molar refractivity (Wildman–Crippen MR) is 118 cm³/mol. The van der Waals surface area contributed by atoms with Crippen molar-refractivity contribution in [2.75, 3.05) is 23.7 Å². The van der Waals surface area contributed by atoms with E-state index < -0.39 is 6.10 Å². The first kappa shape index (κ1) is 21.1. The lowest BCUT2D eigenvalue weighted by Crippen LogP contribution is -2.29. The van der Waals surface area contributed by atoms with Crippen molar-refractivity contribution < 1.29 is 19.4 Å². The Labute approximate surface area is 184 Å². The van der Waals surface area contributed by atoms with Crippen molar-refractivity contribution in [2.24, 2.45) is 0 Å². The molecule has 10 heteroatoms. The van der Waals surface area contributed by atoms with Crippen LogP contribution in [0.2, 0.25) is 0 Å². The van der Waals surface area contributed by atoms with Gasteiger partial charge in [0.2, 0.25) is 0 Å². The summed E-state index contributed by atoms with van der Waals surface area (Å²) < 4.78 is 14.3. The number of aliphatic hydroxyl groups is 1. The fraction of sp³-hybridized carbons (Fsp3) is 0.381. The van der Waals surface area contributed by atoms with Crippen LogP contribution in [0.25, 0.3) is 0 Å². The van der Waals surface area contributed by atoms with Gasteiger partial charge in [-0.1, -0.05) is 13.0 Å². The van der Waals surface area contributed by atoms with Gasteiger partial charge in [0.05, 0.1) is 35.1 Å². The zero-order valence-corrected chi connectivity index (χ0v) is 18.1. The number of carbonyl (C=O) groups is 1. The number of nitrogens with one attached hydrogen (secondary N) is 2. The minimum Gasteiger partial charge on any atom is -0.505 e. The molecule has 2 atom stereocenters. The third-order valence-corrected chi connectivity index (χ3v) is 5.81. The van der Waals surface area contributed by atoms with Crippen LogP contribution in [-0.2, 0) is 0 Å². The third kappa shape index (κ3) is 4.49. The van der Waals surface area contributed by atoms with Crippen LogP contribution in [0.1, 0.15) is 47.7 Å². The van der Waals surface area contributed by atoms with Crippen LogP contribution >= 0.6 is 11.7 Å². The molecule has 0 saturated carbocycles. The number of phenols is 1. The smallest absolute Gasteiger partial charge is 0.257 e. The molecule has 0 bridgehead atoms. The fourth-order valence-corrected chi connectivity index (χ4v) is 4.06. The second-order valence-electron chi connectivity index (χ2n) is 7.54. The number of para-hydroxylation sites is 1. The van der Waals surface area contributed by atoms with E-state index in [1.807, 2.05) is 26.0 Å². The molecule has 164 valence electrons. The number of anilines is 3. The topological polar surface area (TPSA) is 124 Å². The highest BCUT2D eigenvalue weighted by molar-refractivity contribution is 6.99. The van der Waals surface area contributed by atoms with Gasteiger partial charge in [0.25, 0.3) is 5.91 Å². The number of nitrogens with zero attached hydrogens (tertiary/aromatic N) is 3. The molecule has 1 fully saturated rings. The van der Waals surface area contributed by atoms with E-state index in [4.69, 9.17) is 4.42 Å². The molecule has 2 aromatic heterocycles. The normalized spacial score (nSPS) is 17.0. The lowest BCUT2D eigenvalue weighted by molar-refractivity contribution is 0.0762. The number of likely N-dealkylation sites (tertiary alicyclic amines) is 1. The molecule has 3 heterocycles. The van der Waals surface area contributed by atoms with Crippen LogP contribution < -0.4 is 10.6 Å². The molecule has 3 aromatic rings. The van der Waals surface area contributed by atoms with Crippen molar-refractivity contribution in [2.45, 2.75) is 38.8 Å². The summed E-state index contributed by atoms with van der Waals surface area (Å²) in [6.45, 7) is 4.67. The molecule has 9 nitrogen and oxygen atoms in total. The van der Waals surface area contributed by atoms with Gasteiger partial charge in [0.1, 0.15) is 11.5 Å². The Bertz CT molecular complexity index is 1070. The number of aromatic nitrogens is 2. The Hall–Kier alpha value is -3.11. The maximum absolute atomic E-state index is 12.8. The van der Waals surface area contributed by atoms with Crippen molar-refractivity contribution in [3.8, 4) is 5.75 Å². The summed E-state index contributed by atoms with van der Waals surface area (Å²) in [4.78, 5) is 14.3. The molecule has 31 heavy (non-hydrogen) atoms. The zero-order chi connectivity index (χ0) is 22.0. The first-order valence-electron chi connectivity index (χ1n) is 10.2. The Morgan fingerprint density at radius 1 is 1.32 bits per heavy atom. The number of hydrogen-bond donors (Lipinski definition) is 4. The van der Waals surface area contributed by atoms with E-state index in [1.165, 1.54) is 4.90 Å². The SMILES string of the molecule is CC[C@@H](Nc1nsnc1Nc1cccc(C(=O)N2CC[C@@H](O)C2)c1O)c1ccc(C)o1. The van der Waals surface area contributed by atoms with Crippen LogP contribution in [0.5, 0.6) is 5.75 Å². The summed E-state index contributed by atoms with van der Waals surface area (Å²) in [5.41, 5.74) is 0.525. The summed E-state index contributed by atoms with van der Waals surface area (Å²) in [7, 11) is 0. The number of hydrogen-bond acceptors (Lipinski definition) is 9. The summed E-state index contributed by atoms with van der Waals surface area (Å²) in [6, 6.07) is 8.69. The van der Waals surface area contributed by atoms with Gasteiger partial charge in [-0.05, 0) is 44.0 Å². The number of rotatable bonds is 7. The minimum atomic E-state index is -0.522. The van der Waals surface area contributed by atoms with Gasteiger partial charge in [-0.2, -0.15) is 8.75 Å². The zero-order valence-electron chi connectivity index (χ0n) is 17.3. The Morgan fingerprint density at radius 3 is 2.81 bits per heavy atom. The van der Waals surface area contributed by atoms with E-state index in [0.717, 1.165) is 29.7 Å². The summed E-state index contributed by atoms with van der Waals surface area (Å²) in [5.74, 6) is 2.14. The van der Waals surface area contributed by atoms with Gasteiger partial charge in [0.15, 0.2) is 17.4 Å². The number of carbonyl (C=O) groups excluding carboxylic acids is 1. The number of aryl methyl sites for hydroxylation is 1. The van der Waals surface area contributed by atoms with E-state index in [2.05, 4.69) is 19.4 Å². The van der Waals surface area contributed by atoms with Crippen LogP contribution in [0, 0.1) is 6.92 Å². The number of aromatic hydroxyl groups is 1. The Morgan fingerprint density at radius 2 is 2.13 bits per heavy atom. The Balaban J connectivity index is 1.53. The van der Waals surface area contributed by atoms with Gasteiger partial charge < -0.3 is 30.2 Å². The number of amides is 1. The molecule has 4 rings (SSSR count). The maximum atomic E-state index is 12.8. The van der Waals surface area contributed by atoms with Crippen LogP contribution in [0.4, 0.5) is 17.3 Å². The van der Waals surface area contributed by atoms with Crippen LogP contribution in [0.3, 0.4) is 0 Å². The molecule has 1 aromatic carbocycles. The first-order valence-corrected chi connectivity index (χ1v) is 10.9. The second kappa shape index (κ2) is 8.94. The molecular formula is C21H25N5O4S. The monoisotopic (exact) mass is 443 g/mol. The predicted octanol–water partition coefficient (Wildman–Crippen LogP) is 3.66. The molecule has 1 aliphatic rings. The number of aliphatic hydroxyl groups excluding tert-OH is 1. The minimum absolute atomic E-state index is 0.0822. The van der Waals surface area contributed by atoms with Crippen molar-refractivity contribution in [3.05, 3.63) is 47.4 Å². The molecule has 0 radical (unpaired) electrons. The van der Waals surface area contributed by atoms with Gasteiger partial charge in [0, 0.05) is 13.1 Å². The molecule has 1 amide bonds. The first-order chi connectivity index (χ1) is 15.0. The quantitative estimate of drug-likeness (QED) is 0.408. The van der Waals surface area contributed by atoms with Gasteiger partial charge in [-0.25, -0.2) is 0 Å². The van der Waals surface area contributed by atoms with Crippen molar-refractivity contribution >= 4 is 35.0 Å². The molecule has 0 aliphatic carbocycles. The van der Waals surface area contributed by atoms with E-state index >= 15 is 0 Å². The Kier molecular flexibility index (Phi) is 6.10. The fourth-order valence-electron chi connectivity index (χ4n) is 3.59. The number of phenolic OH excluding ortho intramolecular Hbond substituents is 1. The number of furan rings is 1. The van der Waals surface area contributed by atoms with E-state index in [9.17, 15) is 15.0 Å². The lowest BCUT2D eigenvalue weighted by Gasteiger charge is -2.18. The average molecular weight is 444 g/mol. The van der Waals surface area contributed by atoms with Crippen molar-refractivity contribution in [1.82, 2.24) is 13.6 Å². The van der Waals surface area contributed by atoms with E-state index in [1.54, 1.807) is 18.2 Å². The number of β-amino-alcohol motifs (C(OH)–C–C–N with tert-alkyl or cyclic N) is 1. The molecular weight excluding hydrogens is 418 g/mol. The van der Waals surface area contributed by atoms with E-state index in [0.29, 0.717) is 30.3 Å². The third-order valence-electron chi connectivity index (χ3n) is 5.28. The molecule has 1 aliphatic heterocycles. The molecule has 0 spiro atoms. The highest BCUT2D eigenvalue weighted by Crippen LogP contribution is 2.34. The van der Waals surface area contributed by atoms with Crippen molar-refractivity contribution in [3.63, 3.8) is 0 Å². The average Bonchev–Trinajstić information content (AvgIpc) is 3.49. The van der Waals surface area contributed by atoms with Gasteiger partial charge >= 0.3 is 0 Å². The highest BCUT2D eigenvalue weighted by Gasteiger charge is 2.28. The van der Waals surface area contributed by atoms with Crippen LogP contribution in [0.15, 0.2) is 34.7 Å². The van der Waals surface area contributed by atoms with E-state index in [-0.39, 0.29) is 29.8 Å². The second-order valence-corrected chi connectivity index (χ2v) is 8.06. The van der Waals surface area contributed by atoms with Gasteiger partial charge in [-0.15, -0.1) is 0 Å². The molecule has 0 unspecified atom stereocenters. The maximum Gasteiger partial charge on any atom is 0.257 e.